The van der Waals surface area contributed by atoms with Crippen molar-refractivity contribution in [1.82, 2.24) is 15.6 Å². The number of carbonyl (C=O) groups is 2. The van der Waals surface area contributed by atoms with Crippen LogP contribution in [0, 0.1) is 6.92 Å². The zero-order chi connectivity index (χ0) is 16.1. The molecule has 1 heterocycles. The van der Waals surface area contributed by atoms with Gasteiger partial charge in [-0.25, -0.2) is 9.59 Å². The maximum absolute atomic E-state index is 11.9. The molecule has 0 saturated carbocycles. The third kappa shape index (κ3) is 3.49. The first-order valence-corrected chi connectivity index (χ1v) is 7.27. The van der Waals surface area contributed by atoms with Gasteiger partial charge in [-0.1, -0.05) is 0 Å². The highest BCUT2D eigenvalue weighted by Crippen LogP contribution is 2.32. The van der Waals surface area contributed by atoms with Gasteiger partial charge < -0.3 is 26.3 Å². The van der Waals surface area contributed by atoms with Gasteiger partial charge in [-0.15, -0.1) is 0 Å². The van der Waals surface area contributed by atoms with Gasteiger partial charge >= 0.3 is 12.1 Å². The van der Waals surface area contributed by atoms with Crippen molar-refractivity contribution in [2.24, 2.45) is 0 Å². The van der Waals surface area contributed by atoms with E-state index in [4.69, 9.17) is 0 Å². The third-order valence-corrected chi connectivity index (χ3v) is 3.10. The molecule has 7 heteroatoms. The fourth-order valence-corrected chi connectivity index (χ4v) is 2.23. The van der Waals surface area contributed by atoms with E-state index in [9.17, 15) is 9.59 Å². The Morgan fingerprint density at radius 2 is 1.68 bits per heavy atom. The molecular formula is C15H21N5O2. The molecule has 0 bridgehead atoms. The number of aryl methyl sites for hydroxylation is 1. The smallest absolute Gasteiger partial charge is 0.319 e. The molecule has 2 aromatic rings. The number of nitrogens with one attached hydrogen (secondary N) is 5. The number of benzene rings is 1. The number of hydrogen-bond acceptors (Lipinski definition) is 2. The fraction of sp³-hybridized carbons (Fsp3) is 0.333. The number of urea groups is 2. The number of aromatic nitrogens is 1. The molecule has 0 radical (unpaired) electrons. The minimum atomic E-state index is -0.312. The van der Waals surface area contributed by atoms with Gasteiger partial charge in [0.05, 0.1) is 11.4 Å². The molecule has 0 aliphatic carbocycles. The molecule has 0 aliphatic rings. The molecule has 1 aromatic carbocycles. The summed E-state index contributed by atoms with van der Waals surface area (Å²) < 4.78 is 0. The minimum Gasteiger partial charge on any atom is -0.359 e. The molecule has 4 amide bonds. The molecule has 0 unspecified atom stereocenters. The summed E-state index contributed by atoms with van der Waals surface area (Å²) >= 11 is 0. The van der Waals surface area contributed by atoms with Crippen molar-refractivity contribution in [1.29, 1.82) is 0 Å². The van der Waals surface area contributed by atoms with E-state index in [1.165, 1.54) is 0 Å². The van der Waals surface area contributed by atoms with Gasteiger partial charge in [-0.2, -0.15) is 0 Å². The molecular weight excluding hydrogens is 282 g/mol. The van der Waals surface area contributed by atoms with Crippen molar-refractivity contribution < 1.29 is 9.59 Å². The van der Waals surface area contributed by atoms with E-state index in [2.05, 4.69) is 26.3 Å². The Bertz CT molecular complexity index is 693. The molecule has 0 aliphatic heterocycles. The van der Waals surface area contributed by atoms with Gasteiger partial charge in [0.25, 0.3) is 0 Å². The first kappa shape index (κ1) is 15.7. The van der Waals surface area contributed by atoms with Crippen LogP contribution in [0.2, 0.25) is 0 Å². The highest BCUT2D eigenvalue weighted by Gasteiger charge is 2.14. The van der Waals surface area contributed by atoms with Crippen molar-refractivity contribution in [3.05, 3.63) is 23.9 Å². The maximum atomic E-state index is 11.9. The largest absolute Gasteiger partial charge is 0.359 e. The molecule has 2 rings (SSSR count). The van der Waals surface area contributed by atoms with E-state index in [-0.39, 0.29) is 12.1 Å². The second-order valence-electron chi connectivity index (χ2n) is 4.87. The van der Waals surface area contributed by atoms with Crippen LogP contribution in [0.4, 0.5) is 21.0 Å². The summed E-state index contributed by atoms with van der Waals surface area (Å²) in [6, 6.07) is 4.93. The summed E-state index contributed by atoms with van der Waals surface area (Å²) in [6.07, 6.45) is 0. The highest BCUT2D eigenvalue weighted by atomic mass is 16.2. The van der Waals surface area contributed by atoms with Gasteiger partial charge in [0, 0.05) is 29.7 Å². The molecule has 0 spiro atoms. The topological polar surface area (TPSA) is 98.1 Å². The summed E-state index contributed by atoms with van der Waals surface area (Å²) in [6.45, 7) is 6.66. The normalized spacial score (nSPS) is 10.3. The fourth-order valence-electron chi connectivity index (χ4n) is 2.23. The highest BCUT2D eigenvalue weighted by molar-refractivity contribution is 6.09. The number of rotatable bonds is 4. The van der Waals surface area contributed by atoms with Crippen molar-refractivity contribution in [2.75, 3.05) is 23.7 Å². The maximum Gasteiger partial charge on any atom is 0.319 e. The average Bonchev–Trinajstić information content (AvgIpc) is 2.83. The summed E-state index contributed by atoms with van der Waals surface area (Å²) in [5, 5.41) is 11.8. The number of hydrogen-bond donors (Lipinski definition) is 5. The Labute approximate surface area is 128 Å². The molecule has 0 atom stereocenters. The lowest BCUT2D eigenvalue weighted by atomic mass is 10.1. The van der Waals surface area contributed by atoms with Crippen LogP contribution in [0.5, 0.6) is 0 Å². The van der Waals surface area contributed by atoms with Crippen LogP contribution in [0.3, 0.4) is 0 Å². The Morgan fingerprint density at radius 1 is 1.05 bits per heavy atom. The molecule has 118 valence electrons. The number of H-pyrrole nitrogens is 1. The molecule has 0 fully saturated rings. The van der Waals surface area contributed by atoms with Crippen LogP contribution in [-0.2, 0) is 0 Å². The van der Waals surface area contributed by atoms with Crippen LogP contribution in [0.15, 0.2) is 18.2 Å². The van der Waals surface area contributed by atoms with Gasteiger partial charge in [-0.05, 0) is 39.0 Å². The number of carbonyl (C=O) groups excluding carboxylic acids is 2. The van der Waals surface area contributed by atoms with Crippen molar-refractivity contribution >= 4 is 34.3 Å². The van der Waals surface area contributed by atoms with Gasteiger partial charge in [0.15, 0.2) is 0 Å². The van der Waals surface area contributed by atoms with E-state index < -0.39 is 0 Å². The summed E-state index contributed by atoms with van der Waals surface area (Å²) in [7, 11) is 0. The van der Waals surface area contributed by atoms with Gasteiger partial charge in [0.2, 0.25) is 0 Å². The van der Waals surface area contributed by atoms with E-state index in [1.54, 1.807) is 6.07 Å². The number of aromatic amines is 1. The van der Waals surface area contributed by atoms with Crippen LogP contribution in [0.25, 0.3) is 10.9 Å². The lowest BCUT2D eigenvalue weighted by Gasteiger charge is -2.14. The summed E-state index contributed by atoms with van der Waals surface area (Å²) in [5.41, 5.74) is 2.98. The third-order valence-electron chi connectivity index (χ3n) is 3.10. The molecule has 7 nitrogen and oxygen atoms in total. The molecule has 5 N–H and O–H groups in total. The van der Waals surface area contributed by atoms with Crippen LogP contribution in [0.1, 0.15) is 19.5 Å². The average molecular weight is 303 g/mol. The Balaban J connectivity index is 2.40. The quantitative estimate of drug-likeness (QED) is 0.600. The number of amides is 4. The zero-order valence-corrected chi connectivity index (χ0v) is 13.0. The summed E-state index contributed by atoms with van der Waals surface area (Å²) in [4.78, 5) is 26.8. The SMILES string of the molecule is CCNC(=O)Nc1ccc2[nH]c(C)cc2c1NC(=O)NCC. The van der Waals surface area contributed by atoms with E-state index in [0.717, 1.165) is 16.6 Å². The van der Waals surface area contributed by atoms with Crippen LogP contribution < -0.4 is 21.3 Å². The molecule has 1 aromatic heterocycles. The van der Waals surface area contributed by atoms with Gasteiger partial charge in [0.1, 0.15) is 0 Å². The number of anilines is 2. The minimum absolute atomic E-state index is 0.312. The van der Waals surface area contributed by atoms with E-state index in [1.807, 2.05) is 32.9 Å². The summed E-state index contributed by atoms with van der Waals surface area (Å²) in [5.74, 6) is 0. The first-order chi connectivity index (χ1) is 10.5. The van der Waals surface area contributed by atoms with Crippen molar-refractivity contribution in [2.45, 2.75) is 20.8 Å². The Morgan fingerprint density at radius 3 is 2.32 bits per heavy atom. The Kier molecular flexibility index (Phi) is 4.88. The van der Waals surface area contributed by atoms with Crippen molar-refractivity contribution in [3.8, 4) is 0 Å². The standard InChI is InChI=1S/C15H21N5O2/c1-4-16-14(21)19-12-7-6-11-10(8-9(3)18-11)13(12)20-15(22)17-5-2/h6-8,18H,4-5H2,1-3H3,(H2,16,19,21)(H2,17,20,22). The second-order valence-corrected chi connectivity index (χ2v) is 4.87. The first-order valence-electron chi connectivity index (χ1n) is 7.27. The number of fused-ring (bicyclic) bond motifs is 1. The predicted molar refractivity (Wildman–Crippen MR) is 88.4 cm³/mol. The second kappa shape index (κ2) is 6.84. The van der Waals surface area contributed by atoms with Gasteiger partial charge in [-0.3, -0.25) is 0 Å². The van der Waals surface area contributed by atoms with Crippen molar-refractivity contribution in [3.63, 3.8) is 0 Å². The Hall–Kier alpha value is -2.70. The van der Waals surface area contributed by atoms with E-state index >= 15 is 0 Å². The monoisotopic (exact) mass is 303 g/mol. The predicted octanol–water partition coefficient (Wildman–Crippen LogP) is 2.76. The molecule has 0 saturated heterocycles. The zero-order valence-electron chi connectivity index (χ0n) is 13.0. The van der Waals surface area contributed by atoms with Crippen LogP contribution >= 0.6 is 0 Å². The molecule has 22 heavy (non-hydrogen) atoms. The lowest BCUT2D eigenvalue weighted by Crippen LogP contribution is -2.31. The lowest BCUT2D eigenvalue weighted by molar-refractivity contribution is 0.251. The van der Waals surface area contributed by atoms with Crippen LogP contribution in [-0.4, -0.2) is 30.1 Å². The van der Waals surface area contributed by atoms with E-state index in [0.29, 0.717) is 24.5 Å².